The SMILES string of the molecule is CN(C)CC1CCc2cc(N(C=O)c3ccc(-c4ccc(Cl)cc4)cc3)ccc2C1. The molecule has 1 aliphatic rings. The molecule has 1 unspecified atom stereocenters. The Balaban J connectivity index is 1.54. The molecule has 4 rings (SSSR count). The predicted molar refractivity (Wildman–Crippen MR) is 126 cm³/mol. The van der Waals surface area contributed by atoms with E-state index in [1.807, 2.05) is 48.5 Å². The molecule has 0 spiro atoms. The molecule has 0 heterocycles. The summed E-state index contributed by atoms with van der Waals surface area (Å²) >= 11 is 5.99. The van der Waals surface area contributed by atoms with Crippen molar-refractivity contribution in [3.63, 3.8) is 0 Å². The van der Waals surface area contributed by atoms with Crippen molar-refractivity contribution in [3.8, 4) is 11.1 Å². The number of nitrogens with zero attached hydrogens (tertiary/aromatic N) is 2. The molecule has 0 radical (unpaired) electrons. The standard InChI is InChI=1S/C26H27ClN2O/c1-28(2)17-19-3-4-23-16-26(14-9-22(23)15-19)29(18-30)25-12-7-21(8-13-25)20-5-10-24(27)11-6-20/h5-14,16,18-19H,3-4,15,17H2,1-2H3. The summed E-state index contributed by atoms with van der Waals surface area (Å²) in [6, 6.07) is 22.3. The maximum atomic E-state index is 11.9. The molecule has 0 bridgehead atoms. The van der Waals surface area contributed by atoms with Crippen LogP contribution in [0, 0.1) is 5.92 Å². The molecule has 0 saturated carbocycles. The minimum atomic E-state index is 0.709. The topological polar surface area (TPSA) is 23.6 Å². The second-order valence-corrected chi connectivity index (χ2v) is 8.79. The minimum absolute atomic E-state index is 0.709. The van der Waals surface area contributed by atoms with Crippen LogP contribution in [0.1, 0.15) is 17.5 Å². The summed E-state index contributed by atoms with van der Waals surface area (Å²) in [7, 11) is 4.28. The Labute approximate surface area is 183 Å². The van der Waals surface area contributed by atoms with Crippen molar-refractivity contribution in [2.45, 2.75) is 19.3 Å². The summed E-state index contributed by atoms with van der Waals surface area (Å²) in [5.74, 6) is 0.709. The van der Waals surface area contributed by atoms with Gasteiger partial charge in [-0.15, -0.1) is 0 Å². The molecular formula is C26H27ClN2O. The molecule has 1 amide bonds. The summed E-state index contributed by atoms with van der Waals surface area (Å²) in [6.07, 6.45) is 4.29. The van der Waals surface area contributed by atoms with Gasteiger partial charge in [0.25, 0.3) is 0 Å². The normalized spacial score (nSPS) is 15.7. The van der Waals surface area contributed by atoms with E-state index >= 15 is 0 Å². The van der Waals surface area contributed by atoms with Gasteiger partial charge in [-0.2, -0.15) is 0 Å². The van der Waals surface area contributed by atoms with Gasteiger partial charge in [-0.25, -0.2) is 0 Å². The fraction of sp³-hybridized carbons (Fsp3) is 0.269. The average Bonchev–Trinajstić information content (AvgIpc) is 2.75. The van der Waals surface area contributed by atoms with Gasteiger partial charge in [0.15, 0.2) is 0 Å². The van der Waals surface area contributed by atoms with Crippen molar-refractivity contribution in [1.82, 2.24) is 4.90 Å². The number of fused-ring (bicyclic) bond motifs is 1. The van der Waals surface area contributed by atoms with Crippen molar-refractivity contribution in [2.24, 2.45) is 5.92 Å². The van der Waals surface area contributed by atoms with E-state index in [0.717, 1.165) is 53.3 Å². The molecule has 4 heteroatoms. The van der Waals surface area contributed by atoms with Gasteiger partial charge in [-0.05, 0) is 97.9 Å². The lowest BCUT2D eigenvalue weighted by atomic mass is 9.83. The number of rotatable bonds is 6. The average molecular weight is 419 g/mol. The van der Waals surface area contributed by atoms with Gasteiger partial charge < -0.3 is 4.90 Å². The lowest BCUT2D eigenvalue weighted by Gasteiger charge is -2.28. The first-order valence-electron chi connectivity index (χ1n) is 10.4. The number of halogens is 1. The maximum absolute atomic E-state index is 11.9. The van der Waals surface area contributed by atoms with Gasteiger partial charge in [-0.3, -0.25) is 9.69 Å². The molecular weight excluding hydrogens is 392 g/mol. The summed E-state index contributed by atoms with van der Waals surface area (Å²) in [6.45, 7) is 1.13. The Kier molecular flexibility index (Phi) is 6.21. The zero-order chi connectivity index (χ0) is 21.1. The summed E-state index contributed by atoms with van der Waals surface area (Å²) in [4.78, 5) is 15.9. The lowest BCUT2D eigenvalue weighted by Crippen LogP contribution is -2.26. The molecule has 0 fully saturated rings. The number of carbonyl (C=O) groups excluding carboxylic acids is 1. The largest absolute Gasteiger partial charge is 0.309 e. The smallest absolute Gasteiger partial charge is 0.218 e. The highest BCUT2D eigenvalue weighted by atomic mass is 35.5. The number of benzene rings is 3. The maximum Gasteiger partial charge on any atom is 0.218 e. The van der Waals surface area contributed by atoms with Gasteiger partial charge >= 0.3 is 0 Å². The number of hydrogen-bond donors (Lipinski definition) is 0. The fourth-order valence-electron chi connectivity index (χ4n) is 4.37. The van der Waals surface area contributed by atoms with E-state index in [1.165, 1.54) is 17.5 Å². The number of hydrogen-bond acceptors (Lipinski definition) is 2. The third kappa shape index (κ3) is 4.58. The first-order valence-corrected chi connectivity index (χ1v) is 10.8. The Bertz CT molecular complexity index is 1010. The Hall–Kier alpha value is -2.62. The van der Waals surface area contributed by atoms with Crippen LogP contribution in [0.4, 0.5) is 11.4 Å². The van der Waals surface area contributed by atoms with Crippen LogP contribution in [0.25, 0.3) is 11.1 Å². The van der Waals surface area contributed by atoms with E-state index in [-0.39, 0.29) is 0 Å². The molecule has 3 aromatic rings. The number of carbonyl (C=O) groups is 1. The summed E-state index contributed by atoms with van der Waals surface area (Å²) in [5.41, 5.74) is 6.77. The van der Waals surface area contributed by atoms with E-state index in [2.05, 4.69) is 37.2 Å². The predicted octanol–water partition coefficient (Wildman–Crippen LogP) is 5.97. The van der Waals surface area contributed by atoms with Crippen LogP contribution in [-0.4, -0.2) is 32.0 Å². The van der Waals surface area contributed by atoms with Crippen molar-refractivity contribution in [2.75, 3.05) is 25.5 Å². The summed E-state index contributed by atoms with van der Waals surface area (Å²) in [5, 5.41) is 0.725. The van der Waals surface area contributed by atoms with Crippen LogP contribution in [0.3, 0.4) is 0 Å². The molecule has 0 saturated heterocycles. The van der Waals surface area contributed by atoms with E-state index in [4.69, 9.17) is 11.6 Å². The molecule has 1 aliphatic carbocycles. The zero-order valence-electron chi connectivity index (χ0n) is 17.5. The zero-order valence-corrected chi connectivity index (χ0v) is 18.3. The van der Waals surface area contributed by atoms with Crippen molar-refractivity contribution >= 4 is 29.4 Å². The Morgan fingerprint density at radius 1 is 0.900 bits per heavy atom. The van der Waals surface area contributed by atoms with Gasteiger partial charge in [-0.1, -0.05) is 41.9 Å². The van der Waals surface area contributed by atoms with Gasteiger partial charge in [0.1, 0.15) is 0 Å². The van der Waals surface area contributed by atoms with Crippen molar-refractivity contribution < 1.29 is 4.79 Å². The molecule has 0 aliphatic heterocycles. The highest BCUT2D eigenvalue weighted by Crippen LogP contribution is 2.32. The third-order valence-corrected chi connectivity index (χ3v) is 6.10. The second kappa shape index (κ2) is 9.03. The number of aryl methyl sites for hydroxylation is 1. The number of anilines is 2. The molecule has 30 heavy (non-hydrogen) atoms. The van der Waals surface area contributed by atoms with Crippen LogP contribution >= 0.6 is 11.6 Å². The van der Waals surface area contributed by atoms with E-state index in [0.29, 0.717) is 5.92 Å². The van der Waals surface area contributed by atoms with Crippen LogP contribution in [-0.2, 0) is 17.6 Å². The minimum Gasteiger partial charge on any atom is -0.309 e. The van der Waals surface area contributed by atoms with E-state index in [9.17, 15) is 4.79 Å². The van der Waals surface area contributed by atoms with E-state index in [1.54, 1.807) is 4.90 Å². The first kappa shape index (κ1) is 20.6. The van der Waals surface area contributed by atoms with Gasteiger partial charge in [0.2, 0.25) is 6.41 Å². The highest BCUT2D eigenvalue weighted by Gasteiger charge is 2.20. The monoisotopic (exact) mass is 418 g/mol. The Morgan fingerprint density at radius 2 is 1.53 bits per heavy atom. The van der Waals surface area contributed by atoms with Crippen LogP contribution in [0.2, 0.25) is 5.02 Å². The highest BCUT2D eigenvalue weighted by molar-refractivity contribution is 6.30. The molecule has 3 aromatic carbocycles. The van der Waals surface area contributed by atoms with Crippen molar-refractivity contribution in [3.05, 3.63) is 82.9 Å². The molecule has 154 valence electrons. The van der Waals surface area contributed by atoms with Gasteiger partial charge in [0, 0.05) is 22.9 Å². The lowest BCUT2D eigenvalue weighted by molar-refractivity contribution is -0.106. The molecule has 0 aromatic heterocycles. The number of amides is 1. The summed E-state index contributed by atoms with van der Waals surface area (Å²) < 4.78 is 0. The van der Waals surface area contributed by atoms with Crippen molar-refractivity contribution in [1.29, 1.82) is 0 Å². The van der Waals surface area contributed by atoms with Crippen LogP contribution in [0.15, 0.2) is 66.7 Å². The first-order chi connectivity index (χ1) is 14.5. The molecule has 3 nitrogen and oxygen atoms in total. The quantitative estimate of drug-likeness (QED) is 0.460. The van der Waals surface area contributed by atoms with Crippen LogP contribution in [0.5, 0.6) is 0 Å². The molecule has 1 atom stereocenters. The molecule has 0 N–H and O–H groups in total. The van der Waals surface area contributed by atoms with Crippen LogP contribution < -0.4 is 4.90 Å². The third-order valence-electron chi connectivity index (χ3n) is 5.85. The fourth-order valence-corrected chi connectivity index (χ4v) is 4.49. The second-order valence-electron chi connectivity index (χ2n) is 8.35. The van der Waals surface area contributed by atoms with E-state index < -0.39 is 0 Å². The Morgan fingerprint density at radius 3 is 2.17 bits per heavy atom. The van der Waals surface area contributed by atoms with Gasteiger partial charge in [0.05, 0.1) is 0 Å².